The summed E-state index contributed by atoms with van der Waals surface area (Å²) in [5.41, 5.74) is 0. The Bertz CT molecular complexity index is 1890. The molecule has 5 atom stereocenters. The van der Waals surface area contributed by atoms with E-state index in [9.17, 15) is 43.2 Å². The molecule has 3 N–H and O–H groups in total. The van der Waals surface area contributed by atoms with Gasteiger partial charge in [-0.15, -0.1) is 0 Å². The highest BCUT2D eigenvalue weighted by Gasteiger charge is 2.30. The molecule has 0 saturated carbocycles. The van der Waals surface area contributed by atoms with Crippen molar-refractivity contribution in [2.75, 3.05) is 39.6 Å². The van der Waals surface area contributed by atoms with E-state index >= 15 is 0 Å². The molecule has 19 heteroatoms. The standard InChI is InChI=1S/C80H156O17P2/c1-6-9-12-15-18-21-24-26-27-31-35-39-44-49-54-59-64-78(83)91-70-76(97-80(85)66-61-56-51-46-41-36-32-29-28-30-34-38-42-47-52-57-62-73(4)5)72-95-99(88,89)93-68-74(81)67-92-98(86,87)94-71-75(69-90-77(82)63-58-53-48-43-37-23-20-17-14-11-8-3)96-79(84)65-60-55-50-45-40-33-25-22-19-16-13-10-7-2/h73-76,81H,6-72H2,1-5H3,(H,86,87)(H,88,89)/t74-,75+,76+/m0/s1. The smallest absolute Gasteiger partial charge is 0.462 e. The fourth-order valence-electron chi connectivity index (χ4n) is 12.4. The third kappa shape index (κ3) is 74.1. The van der Waals surface area contributed by atoms with Crippen LogP contribution in [0.2, 0.25) is 0 Å². The fourth-order valence-corrected chi connectivity index (χ4v) is 14.0. The van der Waals surface area contributed by atoms with Crippen LogP contribution in [0.25, 0.3) is 0 Å². The van der Waals surface area contributed by atoms with Crippen LogP contribution in [-0.2, 0) is 65.4 Å². The summed E-state index contributed by atoms with van der Waals surface area (Å²) in [6, 6.07) is 0. The Kier molecular flexibility index (Phi) is 71.6. The summed E-state index contributed by atoms with van der Waals surface area (Å²) >= 11 is 0. The number of aliphatic hydroxyl groups excluding tert-OH is 1. The van der Waals surface area contributed by atoms with E-state index in [0.29, 0.717) is 25.7 Å². The average molecular weight is 1450 g/mol. The van der Waals surface area contributed by atoms with Crippen molar-refractivity contribution in [1.82, 2.24) is 0 Å². The lowest BCUT2D eigenvalue weighted by Gasteiger charge is -2.21. The van der Waals surface area contributed by atoms with Crippen LogP contribution < -0.4 is 0 Å². The number of carbonyl (C=O) groups excluding carboxylic acids is 4. The molecule has 0 amide bonds. The fraction of sp³-hybridized carbons (Fsp3) is 0.950. The van der Waals surface area contributed by atoms with E-state index < -0.39 is 97.5 Å². The van der Waals surface area contributed by atoms with E-state index in [4.69, 9.17) is 37.0 Å². The Morgan fingerprint density at radius 3 is 0.687 bits per heavy atom. The van der Waals surface area contributed by atoms with Gasteiger partial charge in [-0.2, -0.15) is 0 Å². The van der Waals surface area contributed by atoms with Crippen molar-refractivity contribution in [3.05, 3.63) is 0 Å². The highest BCUT2D eigenvalue weighted by molar-refractivity contribution is 7.47. The molecular formula is C80H156O17P2. The van der Waals surface area contributed by atoms with Gasteiger partial charge in [0.15, 0.2) is 12.2 Å². The van der Waals surface area contributed by atoms with Gasteiger partial charge in [0.2, 0.25) is 0 Å². The average Bonchev–Trinajstić information content (AvgIpc) is 1.22. The highest BCUT2D eigenvalue weighted by atomic mass is 31.2. The lowest BCUT2D eigenvalue weighted by atomic mass is 10.0. The molecule has 0 bridgehead atoms. The molecule has 0 rings (SSSR count). The molecule has 0 spiro atoms. The number of ether oxygens (including phenoxy) is 4. The Morgan fingerprint density at radius 1 is 0.273 bits per heavy atom. The Balaban J connectivity index is 5.24. The zero-order chi connectivity index (χ0) is 72.7. The lowest BCUT2D eigenvalue weighted by molar-refractivity contribution is -0.161. The first-order chi connectivity index (χ1) is 48.0. The van der Waals surface area contributed by atoms with Gasteiger partial charge in [0.25, 0.3) is 0 Å². The topological polar surface area (TPSA) is 237 Å². The second kappa shape index (κ2) is 73.0. The molecule has 0 aliphatic rings. The number of unbranched alkanes of at least 4 members (excludes halogenated alkanes) is 52. The molecule has 17 nitrogen and oxygen atoms in total. The second-order valence-corrected chi connectivity index (χ2v) is 32.2. The Hall–Kier alpha value is -1.94. The van der Waals surface area contributed by atoms with E-state index in [1.807, 2.05) is 0 Å². The molecule has 0 heterocycles. The molecule has 2 unspecified atom stereocenters. The van der Waals surface area contributed by atoms with Crippen LogP contribution in [0.15, 0.2) is 0 Å². The van der Waals surface area contributed by atoms with Crippen LogP contribution in [0.5, 0.6) is 0 Å². The van der Waals surface area contributed by atoms with E-state index in [1.165, 1.54) is 250 Å². The van der Waals surface area contributed by atoms with Gasteiger partial charge in [0.1, 0.15) is 19.3 Å². The zero-order valence-electron chi connectivity index (χ0n) is 64.6. The summed E-state index contributed by atoms with van der Waals surface area (Å²) in [7, 11) is -9.92. The highest BCUT2D eigenvalue weighted by Crippen LogP contribution is 2.45. The second-order valence-electron chi connectivity index (χ2n) is 29.3. The SMILES string of the molecule is CCCCCCCCCCCCCCCCCCC(=O)OC[C@H](COP(=O)(O)OC[C@@H](O)COP(=O)(O)OC[C@@H](COC(=O)CCCCCCCCCCCCC)OC(=O)CCCCCCCCCCCCCCC)OC(=O)CCCCCCCCCCCCCCCCCCC(C)C. The number of hydrogen-bond acceptors (Lipinski definition) is 15. The van der Waals surface area contributed by atoms with Crippen molar-refractivity contribution in [2.24, 2.45) is 5.92 Å². The molecular weight excluding hydrogens is 1290 g/mol. The summed E-state index contributed by atoms with van der Waals surface area (Å²) in [5, 5.41) is 10.6. The first-order valence-corrected chi connectivity index (χ1v) is 44.6. The van der Waals surface area contributed by atoms with Crippen molar-refractivity contribution in [1.29, 1.82) is 0 Å². The number of phosphoric ester groups is 2. The van der Waals surface area contributed by atoms with E-state index in [-0.39, 0.29) is 25.7 Å². The molecule has 0 aliphatic heterocycles. The molecule has 0 aromatic rings. The van der Waals surface area contributed by atoms with Gasteiger partial charge in [0.05, 0.1) is 26.4 Å². The Labute approximate surface area is 607 Å². The summed E-state index contributed by atoms with van der Waals surface area (Å²) in [6.07, 6.45) is 63.6. The van der Waals surface area contributed by atoms with Gasteiger partial charge in [-0.05, 0) is 31.6 Å². The van der Waals surface area contributed by atoms with Gasteiger partial charge in [-0.3, -0.25) is 37.3 Å². The minimum Gasteiger partial charge on any atom is -0.462 e. The molecule has 0 aromatic heterocycles. The molecule has 0 aromatic carbocycles. The molecule has 0 fully saturated rings. The maximum atomic E-state index is 13.1. The van der Waals surface area contributed by atoms with Crippen LogP contribution in [0.3, 0.4) is 0 Å². The van der Waals surface area contributed by atoms with Gasteiger partial charge in [-0.25, -0.2) is 9.13 Å². The zero-order valence-corrected chi connectivity index (χ0v) is 66.4. The number of esters is 4. The summed E-state index contributed by atoms with van der Waals surface area (Å²) < 4.78 is 68.7. The van der Waals surface area contributed by atoms with Gasteiger partial charge in [0, 0.05) is 25.7 Å². The molecule has 0 saturated heterocycles. The van der Waals surface area contributed by atoms with Crippen molar-refractivity contribution >= 4 is 39.5 Å². The number of rotatable bonds is 80. The van der Waals surface area contributed by atoms with E-state index in [0.717, 1.165) is 95.8 Å². The van der Waals surface area contributed by atoms with Gasteiger partial charge in [-0.1, -0.05) is 375 Å². The largest absolute Gasteiger partial charge is 0.472 e. The number of hydrogen-bond donors (Lipinski definition) is 3. The molecule has 0 radical (unpaired) electrons. The predicted octanol–water partition coefficient (Wildman–Crippen LogP) is 24.0. The molecule has 588 valence electrons. The van der Waals surface area contributed by atoms with Crippen LogP contribution in [0, 0.1) is 5.92 Å². The Morgan fingerprint density at radius 2 is 0.465 bits per heavy atom. The van der Waals surface area contributed by atoms with Crippen LogP contribution in [-0.4, -0.2) is 96.7 Å². The minimum absolute atomic E-state index is 0.108. The quantitative estimate of drug-likeness (QED) is 0.0222. The first-order valence-electron chi connectivity index (χ1n) is 41.6. The summed E-state index contributed by atoms with van der Waals surface area (Å²) in [5.74, 6) is -1.30. The van der Waals surface area contributed by atoms with Crippen molar-refractivity contribution < 1.29 is 80.2 Å². The van der Waals surface area contributed by atoms with Gasteiger partial charge >= 0.3 is 39.5 Å². The van der Waals surface area contributed by atoms with Crippen LogP contribution in [0.4, 0.5) is 0 Å². The first kappa shape index (κ1) is 97.1. The van der Waals surface area contributed by atoms with E-state index in [1.54, 1.807) is 0 Å². The molecule has 0 aliphatic carbocycles. The van der Waals surface area contributed by atoms with Crippen molar-refractivity contribution in [3.63, 3.8) is 0 Å². The van der Waals surface area contributed by atoms with Crippen LogP contribution >= 0.6 is 15.6 Å². The monoisotopic (exact) mass is 1450 g/mol. The number of phosphoric acid groups is 2. The maximum Gasteiger partial charge on any atom is 0.472 e. The normalized spacial score (nSPS) is 13.9. The summed E-state index contributed by atoms with van der Waals surface area (Å²) in [6.45, 7) is 7.36. The number of carbonyl (C=O) groups is 4. The van der Waals surface area contributed by atoms with Crippen molar-refractivity contribution in [3.8, 4) is 0 Å². The van der Waals surface area contributed by atoms with Gasteiger partial charge < -0.3 is 33.8 Å². The van der Waals surface area contributed by atoms with Crippen LogP contribution in [0.1, 0.15) is 426 Å². The maximum absolute atomic E-state index is 13.1. The number of aliphatic hydroxyl groups is 1. The van der Waals surface area contributed by atoms with Crippen molar-refractivity contribution in [2.45, 2.75) is 445 Å². The molecule has 99 heavy (non-hydrogen) atoms. The third-order valence-electron chi connectivity index (χ3n) is 18.8. The third-order valence-corrected chi connectivity index (χ3v) is 20.7. The predicted molar refractivity (Wildman–Crippen MR) is 405 cm³/mol. The summed E-state index contributed by atoms with van der Waals surface area (Å²) in [4.78, 5) is 73.0. The minimum atomic E-state index is -4.96. The lowest BCUT2D eigenvalue weighted by Crippen LogP contribution is -2.30. The van der Waals surface area contributed by atoms with E-state index in [2.05, 4.69) is 34.6 Å².